The van der Waals surface area contributed by atoms with E-state index in [2.05, 4.69) is 4.99 Å². The normalized spacial score (nSPS) is 18.8. The van der Waals surface area contributed by atoms with Gasteiger partial charge in [-0.15, -0.1) is 11.8 Å². The van der Waals surface area contributed by atoms with Crippen molar-refractivity contribution in [2.45, 2.75) is 45.1 Å². The van der Waals surface area contributed by atoms with Crippen molar-refractivity contribution in [3.63, 3.8) is 0 Å². The van der Waals surface area contributed by atoms with Crippen LogP contribution in [0.5, 0.6) is 11.5 Å². The summed E-state index contributed by atoms with van der Waals surface area (Å²) < 4.78 is 10.5. The second-order valence-corrected chi connectivity index (χ2v) is 7.53. The quantitative estimate of drug-likeness (QED) is 0.463. The lowest BCUT2D eigenvalue weighted by Gasteiger charge is -2.11. The van der Waals surface area contributed by atoms with Gasteiger partial charge in [-0.05, 0) is 44.7 Å². The average Bonchev–Trinajstić information content (AvgIpc) is 3.00. The highest BCUT2D eigenvalue weighted by molar-refractivity contribution is 8.14. The number of aliphatic imine (C=N–C) groups is 1. The van der Waals surface area contributed by atoms with E-state index >= 15 is 0 Å². The van der Waals surface area contributed by atoms with Crippen molar-refractivity contribution in [1.82, 2.24) is 0 Å². The number of rotatable bonds is 10. The molecule has 1 heterocycles. The van der Waals surface area contributed by atoms with Gasteiger partial charge < -0.3 is 19.7 Å². The van der Waals surface area contributed by atoms with Gasteiger partial charge in [0.2, 0.25) is 0 Å². The number of thioether (sulfide) groups is 1. The Labute approximate surface area is 162 Å². The number of hydrogen-bond acceptors (Lipinski definition) is 7. The van der Waals surface area contributed by atoms with Crippen molar-refractivity contribution in [2.75, 3.05) is 19.0 Å². The number of phenolic OH excluding ortho intramolecular Hbond substituents is 1. The number of esters is 1. The first-order valence-electron chi connectivity index (χ1n) is 8.87. The van der Waals surface area contributed by atoms with E-state index < -0.39 is 11.5 Å². The minimum atomic E-state index is -1.16. The number of aromatic hydroxyl groups is 1. The number of carboxylic acid groups (broad SMARTS) is 1. The van der Waals surface area contributed by atoms with Gasteiger partial charge in [0.05, 0.1) is 13.2 Å². The van der Waals surface area contributed by atoms with Gasteiger partial charge in [-0.25, -0.2) is 4.79 Å². The Morgan fingerprint density at radius 1 is 1.22 bits per heavy atom. The lowest BCUT2D eigenvalue weighted by molar-refractivity contribution is -0.142. The molecule has 0 saturated carbocycles. The molecule has 148 valence electrons. The zero-order chi connectivity index (χ0) is 19.9. The summed E-state index contributed by atoms with van der Waals surface area (Å²) in [6, 6.07) is 4.97. The molecule has 8 heteroatoms. The summed E-state index contributed by atoms with van der Waals surface area (Å²) in [4.78, 5) is 26.2. The molecule has 7 nitrogen and oxygen atoms in total. The van der Waals surface area contributed by atoms with Crippen LogP contribution in [0.25, 0.3) is 0 Å². The Hall–Kier alpha value is -2.22. The topological polar surface area (TPSA) is 105 Å². The molecule has 0 aromatic heterocycles. The zero-order valence-corrected chi connectivity index (χ0v) is 16.4. The molecule has 0 spiro atoms. The first kappa shape index (κ1) is 21.1. The summed E-state index contributed by atoms with van der Waals surface area (Å²) in [7, 11) is 0. The van der Waals surface area contributed by atoms with Gasteiger partial charge >= 0.3 is 11.9 Å². The smallest absolute Gasteiger partial charge is 0.332 e. The molecule has 0 aliphatic carbocycles. The third kappa shape index (κ3) is 6.16. The predicted octanol–water partition coefficient (Wildman–Crippen LogP) is 3.23. The zero-order valence-electron chi connectivity index (χ0n) is 15.6. The van der Waals surface area contributed by atoms with Crippen molar-refractivity contribution in [3.05, 3.63) is 23.8 Å². The molecular formula is C19H25NO6S. The lowest BCUT2D eigenvalue weighted by Crippen LogP contribution is -2.33. The van der Waals surface area contributed by atoms with E-state index in [1.807, 2.05) is 0 Å². The highest BCUT2D eigenvalue weighted by atomic mass is 32.2. The Morgan fingerprint density at radius 2 is 1.93 bits per heavy atom. The molecule has 27 heavy (non-hydrogen) atoms. The first-order valence-corrected chi connectivity index (χ1v) is 9.86. The summed E-state index contributed by atoms with van der Waals surface area (Å²) in [5.41, 5.74) is -0.639. The number of ether oxygens (including phenoxy) is 2. The van der Waals surface area contributed by atoms with Gasteiger partial charge in [0, 0.05) is 24.3 Å². The third-order valence-electron chi connectivity index (χ3n) is 4.11. The number of phenols is 1. The van der Waals surface area contributed by atoms with Crippen molar-refractivity contribution < 1.29 is 29.3 Å². The van der Waals surface area contributed by atoms with E-state index in [9.17, 15) is 19.8 Å². The van der Waals surface area contributed by atoms with Crippen LogP contribution < -0.4 is 4.74 Å². The second kappa shape index (κ2) is 9.64. The lowest BCUT2D eigenvalue weighted by atomic mass is 10.1. The van der Waals surface area contributed by atoms with Crippen LogP contribution in [0.3, 0.4) is 0 Å². The fourth-order valence-electron chi connectivity index (χ4n) is 2.49. The Morgan fingerprint density at radius 3 is 2.52 bits per heavy atom. The first-order chi connectivity index (χ1) is 12.8. The van der Waals surface area contributed by atoms with Crippen molar-refractivity contribution in [2.24, 2.45) is 4.99 Å². The molecule has 1 aliphatic rings. The van der Waals surface area contributed by atoms with Crippen molar-refractivity contribution in [3.8, 4) is 11.5 Å². The summed E-state index contributed by atoms with van der Waals surface area (Å²) >= 11 is 1.32. The van der Waals surface area contributed by atoms with E-state index in [0.29, 0.717) is 35.3 Å². The van der Waals surface area contributed by atoms with Crippen LogP contribution in [-0.4, -0.2) is 51.7 Å². The maximum atomic E-state index is 11.3. The van der Waals surface area contributed by atoms with Gasteiger partial charge in [0.15, 0.2) is 5.54 Å². The van der Waals surface area contributed by atoms with E-state index in [-0.39, 0.29) is 11.7 Å². The molecular weight excluding hydrogens is 370 g/mol. The predicted molar refractivity (Wildman–Crippen MR) is 104 cm³/mol. The second-order valence-electron chi connectivity index (χ2n) is 6.57. The third-order valence-corrected chi connectivity index (χ3v) is 5.40. The molecule has 0 fully saturated rings. The van der Waals surface area contributed by atoms with E-state index in [1.54, 1.807) is 19.1 Å². The molecule has 0 bridgehead atoms. The maximum Gasteiger partial charge on any atom is 0.332 e. The molecule has 0 saturated heterocycles. The fourth-order valence-corrected chi connectivity index (χ4v) is 3.69. The number of nitrogens with zero attached hydrogens (tertiary/aromatic N) is 1. The van der Waals surface area contributed by atoms with E-state index in [0.717, 1.165) is 25.7 Å². The fraction of sp³-hybridized carbons (Fsp3) is 0.526. The Bertz CT molecular complexity index is 720. The monoisotopic (exact) mass is 395 g/mol. The molecule has 1 aromatic rings. The van der Waals surface area contributed by atoms with Crippen LogP contribution in [0.1, 0.15) is 45.1 Å². The summed E-state index contributed by atoms with van der Waals surface area (Å²) in [6.45, 7) is 3.95. The van der Waals surface area contributed by atoms with Crippen LogP contribution in [0.4, 0.5) is 0 Å². The molecule has 2 rings (SSSR count). The Kier molecular flexibility index (Phi) is 7.53. The summed E-state index contributed by atoms with van der Waals surface area (Å²) in [5, 5.41) is 20.0. The SMILES string of the molecule is CC(=O)OCCCCCCOc1ccc(C2=NC(C)(C(=O)O)CS2)c(O)c1. The number of carbonyl (C=O) groups is 2. The van der Waals surface area contributed by atoms with Crippen LogP contribution in [0, 0.1) is 0 Å². The van der Waals surface area contributed by atoms with Gasteiger partial charge in [-0.1, -0.05) is 0 Å². The molecule has 1 unspecified atom stereocenters. The van der Waals surface area contributed by atoms with Crippen LogP contribution >= 0.6 is 11.8 Å². The van der Waals surface area contributed by atoms with Gasteiger partial charge in [0.25, 0.3) is 0 Å². The molecule has 2 N–H and O–H groups in total. The van der Waals surface area contributed by atoms with E-state index in [4.69, 9.17) is 9.47 Å². The maximum absolute atomic E-state index is 11.3. The van der Waals surface area contributed by atoms with Crippen LogP contribution in [0.2, 0.25) is 0 Å². The summed E-state index contributed by atoms with van der Waals surface area (Å²) in [6.07, 6.45) is 3.62. The number of unbranched alkanes of at least 4 members (excludes halogenated alkanes) is 3. The summed E-state index contributed by atoms with van der Waals surface area (Å²) in [5.74, 6) is -0.309. The van der Waals surface area contributed by atoms with Crippen LogP contribution in [-0.2, 0) is 14.3 Å². The van der Waals surface area contributed by atoms with Crippen molar-refractivity contribution >= 4 is 28.7 Å². The Balaban J connectivity index is 1.78. The number of carboxylic acids is 1. The van der Waals surface area contributed by atoms with Crippen LogP contribution in [0.15, 0.2) is 23.2 Å². The molecule has 0 radical (unpaired) electrons. The highest BCUT2D eigenvalue weighted by Gasteiger charge is 2.38. The molecule has 1 atom stereocenters. The number of hydrogen-bond donors (Lipinski definition) is 2. The largest absolute Gasteiger partial charge is 0.507 e. The molecule has 1 aliphatic heterocycles. The standard InChI is InChI=1S/C19H25NO6S/c1-13(21)25-9-5-3-4-6-10-26-14-7-8-15(16(22)11-14)17-20-19(2,12-27-17)18(23)24/h7-8,11,22H,3-6,9-10,12H2,1-2H3,(H,23,24). The highest BCUT2D eigenvalue weighted by Crippen LogP contribution is 2.35. The van der Waals surface area contributed by atoms with Gasteiger partial charge in [-0.2, -0.15) is 0 Å². The van der Waals surface area contributed by atoms with Gasteiger partial charge in [0.1, 0.15) is 16.5 Å². The number of carbonyl (C=O) groups excluding carboxylic acids is 1. The van der Waals surface area contributed by atoms with Gasteiger partial charge in [-0.3, -0.25) is 9.79 Å². The minimum absolute atomic E-state index is 0.0229. The average molecular weight is 395 g/mol. The number of aliphatic carboxylic acids is 1. The van der Waals surface area contributed by atoms with E-state index in [1.165, 1.54) is 24.8 Å². The number of benzene rings is 1. The minimum Gasteiger partial charge on any atom is -0.507 e. The van der Waals surface area contributed by atoms with Crippen molar-refractivity contribution in [1.29, 1.82) is 0 Å². The molecule has 0 amide bonds. The molecule has 1 aromatic carbocycles.